The number of hydrogen-bond donors (Lipinski definition) is 0. The highest BCUT2D eigenvalue weighted by molar-refractivity contribution is 4.86. The lowest BCUT2D eigenvalue weighted by molar-refractivity contribution is 0.0953. The minimum absolute atomic E-state index is 0.197. The maximum atomic E-state index is 8.51. The van der Waals surface area contributed by atoms with E-state index in [1.807, 2.05) is 6.92 Å². The van der Waals surface area contributed by atoms with E-state index in [9.17, 15) is 0 Å². The van der Waals surface area contributed by atoms with Crippen LogP contribution in [0.25, 0.3) is 0 Å². The van der Waals surface area contributed by atoms with E-state index in [0.717, 1.165) is 12.6 Å². The van der Waals surface area contributed by atoms with Gasteiger partial charge in [-0.1, -0.05) is 0 Å². The van der Waals surface area contributed by atoms with Gasteiger partial charge in [-0.25, -0.2) is 0 Å². The van der Waals surface area contributed by atoms with Crippen molar-refractivity contribution in [2.75, 3.05) is 13.1 Å². The Morgan fingerprint density at radius 1 is 1.80 bits per heavy atom. The van der Waals surface area contributed by atoms with Crippen molar-refractivity contribution >= 4 is 0 Å². The van der Waals surface area contributed by atoms with Gasteiger partial charge >= 0.3 is 0 Å². The summed E-state index contributed by atoms with van der Waals surface area (Å²) in [6.07, 6.45) is 1.30. The van der Waals surface area contributed by atoms with E-state index in [2.05, 4.69) is 17.9 Å². The summed E-state index contributed by atoms with van der Waals surface area (Å²) >= 11 is 0. The lowest BCUT2D eigenvalue weighted by atomic mass is 10.0. The first-order valence-electron chi connectivity index (χ1n) is 3.87. The van der Waals surface area contributed by atoms with Gasteiger partial charge in [-0.15, -0.1) is 0 Å². The van der Waals surface area contributed by atoms with Gasteiger partial charge in [-0.3, -0.25) is 4.90 Å². The number of hydrogen-bond acceptors (Lipinski definition) is 2. The van der Waals surface area contributed by atoms with Crippen molar-refractivity contribution in [3.8, 4) is 6.07 Å². The summed E-state index contributed by atoms with van der Waals surface area (Å²) in [5.41, 5.74) is 0. The third-order valence-electron chi connectivity index (χ3n) is 2.19. The molecule has 1 fully saturated rings. The molecule has 2 heteroatoms. The average molecular weight is 138 g/mol. The predicted molar refractivity (Wildman–Crippen MR) is 40.4 cm³/mol. The van der Waals surface area contributed by atoms with Crippen LogP contribution in [-0.2, 0) is 0 Å². The second-order valence-corrected chi connectivity index (χ2v) is 3.16. The Morgan fingerprint density at radius 2 is 2.50 bits per heavy atom. The highest BCUT2D eigenvalue weighted by Gasteiger charge is 2.24. The quantitative estimate of drug-likeness (QED) is 0.574. The zero-order valence-electron chi connectivity index (χ0n) is 6.67. The molecule has 0 bridgehead atoms. The van der Waals surface area contributed by atoms with Crippen molar-refractivity contribution in [1.82, 2.24) is 4.90 Å². The molecule has 0 saturated carbocycles. The molecule has 0 aromatic carbocycles. The smallest absolute Gasteiger partial charge is 0.0666 e. The van der Waals surface area contributed by atoms with Crippen LogP contribution < -0.4 is 0 Å². The zero-order valence-corrected chi connectivity index (χ0v) is 6.67. The molecule has 0 amide bonds. The van der Waals surface area contributed by atoms with Gasteiger partial charge in [0.1, 0.15) is 0 Å². The van der Waals surface area contributed by atoms with Crippen molar-refractivity contribution in [2.45, 2.75) is 26.3 Å². The van der Waals surface area contributed by atoms with E-state index < -0.39 is 0 Å². The maximum absolute atomic E-state index is 8.51. The lowest BCUT2D eigenvalue weighted by Crippen LogP contribution is -2.47. The summed E-state index contributed by atoms with van der Waals surface area (Å²) in [5, 5.41) is 8.51. The van der Waals surface area contributed by atoms with E-state index in [1.165, 1.54) is 13.0 Å². The first-order chi connectivity index (χ1) is 4.74. The molecule has 1 aliphatic heterocycles. The van der Waals surface area contributed by atoms with E-state index in [4.69, 9.17) is 5.26 Å². The molecule has 56 valence electrons. The Balaban J connectivity index is 2.20. The number of nitriles is 1. The van der Waals surface area contributed by atoms with Crippen LogP contribution in [0.3, 0.4) is 0 Å². The normalized spacial score (nSPS) is 28.7. The number of likely N-dealkylation sites (tertiary alicyclic amines) is 1. The van der Waals surface area contributed by atoms with Gasteiger partial charge in [0, 0.05) is 12.6 Å². The van der Waals surface area contributed by atoms with E-state index >= 15 is 0 Å². The Morgan fingerprint density at radius 3 is 2.80 bits per heavy atom. The second-order valence-electron chi connectivity index (χ2n) is 3.16. The standard InChI is InChI=1S/C8H14N2/c1-7(5-9)6-10-4-3-8(10)2/h7-8H,3-4,6H2,1-2H3. The van der Waals surface area contributed by atoms with Gasteiger partial charge in [0.15, 0.2) is 0 Å². The molecule has 2 unspecified atom stereocenters. The summed E-state index contributed by atoms with van der Waals surface area (Å²) in [6.45, 7) is 6.34. The monoisotopic (exact) mass is 138 g/mol. The van der Waals surface area contributed by atoms with Gasteiger partial charge in [-0.05, 0) is 26.8 Å². The third kappa shape index (κ3) is 1.48. The van der Waals surface area contributed by atoms with E-state index in [1.54, 1.807) is 0 Å². The fraction of sp³-hybridized carbons (Fsp3) is 0.875. The highest BCUT2D eigenvalue weighted by Crippen LogP contribution is 2.17. The molecule has 10 heavy (non-hydrogen) atoms. The van der Waals surface area contributed by atoms with E-state index in [0.29, 0.717) is 0 Å². The molecule has 1 saturated heterocycles. The van der Waals surface area contributed by atoms with Crippen molar-refractivity contribution in [3.05, 3.63) is 0 Å². The minimum atomic E-state index is 0.197. The number of nitrogens with zero attached hydrogens (tertiary/aromatic N) is 2. The molecule has 0 aromatic heterocycles. The van der Waals surface area contributed by atoms with Gasteiger partial charge in [0.2, 0.25) is 0 Å². The topological polar surface area (TPSA) is 27.0 Å². The van der Waals surface area contributed by atoms with E-state index in [-0.39, 0.29) is 5.92 Å². The Labute approximate surface area is 62.4 Å². The number of rotatable bonds is 2. The summed E-state index contributed by atoms with van der Waals surface area (Å²) < 4.78 is 0. The van der Waals surface area contributed by atoms with Crippen LogP contribution in [0.2, 0.25) is 0 Å². The molecule has 0 spiro atoms. The molecule has 2 nitrogen and oxygen atoms in total. The Bertz CT molecular complexity index is 148. The molecule has 1 aliphatic rings. The average Bonchev–Trinajstić information content (AvgIpc) is 1.96. The fourth-order valence-electron chi connectivity index (χ4n) is 1.23. The van der Waals surface area contributed by atoms with Crippen LogP contribution in [0.1, 0.15) is 20.3 Å². The SMILES string of the molecule is CC(C#N)CN1CCC1C. The third-order valence-corrected chi connectivity index (χ3v) is 2.19. The molecule has 2 atom stereocenters. The van der Waals surface area contributed by atoms with Gasteiger partial charge in [0.25, 0.3) is 0 Å². The highest BCUT2D eigenvalue weighted by atomic mass is 15.2. The van der Waals surface area contributed by atoms with Gasteiger partial charge in [0.05, 0.1) is 12.0 Å². The molecule has 1 rings (SSSR count). The van der Waals surface area contributed by atoms with Crippen molar-refractivity contribution in [2.24, 2.45) is 5.92 Å². The van der Waals surface area contributed by atoms with Crippen LogP contribution in [0.4, 0.5) is 0 Å². The van der Waals surface area contributed by atoms with Crippen LogP contribution >= 0.6 is 0 Å². The first-order valence-corrected chi connectivity index (χ1v) is 3.87. The summed E-state index contributed by atoms with van der Waals surface area (Å²) in [5.74, 6) is 0.197. The van der Waals surface area contributed by atoms with Crippen molar-refractivity contribution in [3.63, 3.8) is 0 Å². The molecule has 0 radical (unpaired) electrons. The van der Waals surface area contributed by atoms with Crippen LogP contribution in [-0.4, -0.2) is 24.0 Å². The summed E-state index contributed by atoms with van der Waals surface area (Å²) in [4.78, 5) is 2.36. The van der Waals surface area contributed by atoms with Crippen LogP contribution in [0.15, 0.2) is 0 Å². The molecule has 0 aliphatic carbocycles. The zero-order chi connectivity index (χ0) is 7.56. The molecule has 0 N–H and O–H groups in total. The maximum Gasteiger partial charge on any atom is 0.0666 e. The molecule has 1 heterocycles. The molecule has 0 aromatic rings. The minimum Gasteiger partial charge on any atom is -0.299 e. The van der Waals surface area contributed by atoms with Crippen LogP contribution in [0.5, 0.6) is 0 Å². The molecular formula is C8H14N2. The predicted octanol–water partition coefficient (Wildman–Crippen LogP) is 1.24. The fourth-order valence-corrected chi connectivity index (χ4v) is 1.23. The van der Waals surface area contributed by atoms with Crippen molar-refractivity contribution < 1.29 is 0 Å². The summed E-state index contributed by atoms with van der Waals surface area (Å²) in [6, 6.07) is 2.96. The van der Waals surface area contributed by atoms with Crippen molar-refractivity contribution in [1.29, 1.82) is 5.26 Å². The first kappa shape index (κ1) is 7.56. The van der Waals surface area contributed by atoms with Gasteiger partial charge in [-0.2, -0.15) is 5.26 Å². The molecular weight excluding hydrogens is 124 g/mol. The second kappa shape index (κ2) is 3.03. The lowest BCUT2D eigenvalue weighted by Gasteiger charge is -2.39. The van der Waals surface area contributed by atoms with Crippen LogP contribution in [0, 0.1) is 17.2 Å². The Hall–Kier alpha value is -0.550. The Kier molecular flexibility index (Phi) is 2.29. The summed E-state index contributed by atoms with van der Waals surface area (Å²) in [7, 11) is 0. The van der Waals surface area contributed by atoms with Gasteiger partial charge < -0.3 is 0 Å². The largest absolute Gasteiger partial charge is 0.299 e.